The van der Waals surface area contributed by atoms with E-state index in [0.717, 1.165) is 0 Å². The molecule has 8 nitrogen and oxygen atoms in total. The maximum absolute atomic E-state index is 10.8. The Morgan fingerprint density at radius 2 is 2.00 bits per heavy atom. The molecule has 0 aromatic rings. The van der Waals surface area contributed by atoms with Gasteiger partial charge in [0.15, 0.2) is 6.29 Å². The van der Waals surface area contributed by atoms with Crippen LogP contribution in [-0.4, -0.2) is 61.0 Å². The molecule has 1 aliphatic heterocycles. The second-order valence-electron chi connectivity index (χ2n) is 2.94. The Morgan fingerprint density at radius 3 is 2.53 bits per heavy atom. The van der Waals surface area contributed by atoms with Gasteiger partial charge in [0, 0.05) is 0 Å². The van der Waals surface area contributed by atoms with Crippen LogP contribution < -0.4 is 0 Å². The highest BCUT2D eigenvalue weighted by Gasteiger charge is 2.41. The fourth-order valence-electron chi connectivity index (χ4n) is 1.04. The Balaban J connectivity index is 2.78. The molecule has 0 saturated carbocycles. The van der Waals surface area contributed by atoms with Crippen LogP contribution in [0.1, 0.15) is 0 Å². The molecule has 0 unspecified atom stereocenters. The zero-order valence-electron chi connectivity index (χ0n) is 7.38. The van der Waals surface area contributed by atoms with Gasteiger partial charge in [-0.15, -0.1) is 0 Å². The summed E-state index contributed by atoms with van der Waals surface area (Å²) in [6.07, 6.45) is -6.74. The van der Waals surface area contributed by atoms with Crippen molar-refractivity contribution in [2.24, 2.45) is 0 Å². The Labute approximate surface area is 85.4 Å². The molecule has 0 spiro atoms. The molecule has 1 fully saturated rings. The average molecular weight is 242 g/mol. The van der Waals surface area contributed by atoms with Crippen LogP contribution in [-0.2, 0) is 23.6 Å². The van der Waals surface area contributed by atoms with Gasteiger partial charge in [-0.1, -0.05) is 0 Å². The van der Waals surface area contributed by atoms with Crippen LogP contribution in [0.4, 0.5) is 0 Å². The first kappa shape index (κ1) is 12.5. The van der Waals surface area contributed by atoms with E-state index in [1.54, 1.807) is 0 Å². The molecule has 1 heterocycles. The van der Waals surface area contributed by atoms with Gasteiger partial charge in [0.2, 0.25) is 0 Å². The maximum Gasteiger partial charge on any atom is 0.400 e. The summed E-state index contributed by atoms with van der Waals surface area (Å²) in [5.41, 5.74) is 0. The average Bonchev–Trinajstić information content (AvgIpc) is 2.19. The van der Waals surface area contributed by atoms with Gasteiger partial charge in [-0.2, -0.15) is 8.42 Å². The number of carbonyl (C=O) groups excluding carboxylic acids is 1. The monoisotopic (exact) mass is 242 g/mol. The van der Waals surface area contributed by atoms with Crippen molar-refractivity contribution >= 4 is 16.7 Å². The first-order valence-electron chi connectivity index (χ1n) is 3.94. The van der Waals surface area contributed by atoms with Crippen LogP contribution in [0.2, 0.25) is 0 Å². The normalized spacial score (nSPS) is 34.3. The number of aldehydes is 1. The highest BCUT2D eigenvalue weighted by atomic mass is 32.3. The maximum atomic E-state index is 10.8. The number of rotatable bonds is 3. The lowest BCUT2D eigenvalue weighted by molar-refractivity contribution is -0.138. The predicted octanol–water partition coefficient (Wildman–Crippen LogP) is -3.07. The van der Waals surface area contributed by atoms with E-state index in [1.165, 1.54) is 0 Å². The van der Waals surface area contributed by atoms with Crippen LogP contribution in [0.15, 0.2) is 0 Å². The van der Waals surface area contributed by atoms with Crippen molar-refractivity contribution in [1.29, 1.82) is 0 Å². The molecule has 88 valence electrons. The van der Waals surface area contributed by atoms with Crippen LogP contribution in [0.3, 0.4) is 0 Å². The molecular weight excluding hydrogens is 232 g/mol. The molecule has 0 aliphatic carbocycles. The zero-order chi connectivity index (χ0) is 11.6. The molecule has 0 bridgehead atoms. The summed E-state index contributed by atoms with van der Waals surface area (Å²) >= 11 is 0. The summed E-state index contributed by atoms with van der Waals surface area (Å²) in [6.45, 7) is -0.602. The Morgan fingerprint density at radius 1 is 1.40 bits per heavy atom. The molecule has 1 saturated heterocycles. The van der Waals surface area contributed by atoms with E-state index in [1.807, 2.05) is 0 Å². The molecule has 15 heavy (non-hydrogen) atoms. The molecule has 3 N–H and O–H groups in total. The summed E-state index contributed by atoms with van der Waals surface area (Å²) in [6, 6.07) is 0. The minimum atomic E-state index is -4.30. The number of hydrogen-bond donors (Lipinski definition) is 3. The van der Waals surface area contributed by atoms with Crippen molar-refractivity contribution in [2.75, 3.05) is 6.61 Å². The summed E-state index contributed by atoms with van der Waals surface area (Å²) in [5, 5.41) is 27.4. The summed E-state index contributed by atoms with van der Waals surface area (Å²) in [7, 11) is -4.30. The van der Waals surface area contributed by atoms with E-state index >= 15 is 0 Å². The van der Waals surface area contributed by atoms with E-state index in [0.29, 0.717) is 0 Å². The summed E-state index contributed by atoms with van der Waals surface area (Å²) in [5.74, 6) is 0. The number of aliphatic hydroxyl groups is 3. The molecule has 4 atom stereocenters. The van der Waals surface area contributed by atoms with Gasteiger partial charge in [-0.05, 0) is 0 Å². The lowest BCUT2D eigenvalue weighted by atomic mass is 10.0. The fraction of sp³-hybridized carbons (Fsp3) is 0.833. The van der Waals surface area contributed by atoms with Gasteiger partial charge in [-0.25, -0.2) is 8.37 Å². The second-order valence-corrected chi connectivity index (χ2v) is 4.18. The minimum absolute atomic E-state index is 0.00281. The molecule has 0 amide bonds. The standard InChI is InChI=1S/C6H10O8S/c7-1-3(8)5(10)6-4(9)2-13-15(11,12)14-6/h1,3-6,8-10H,2H2/t3-,4+,5+,6-/m0/s1. The van der Waals surface area contributed by atoms with Gasteiger partial charge in [0.05, 0.1) is 6.61 Å². The number of aliphatic hydroxyl groups excluding tert-OH is 3. The van der Waals surface area contributed by atoms with Gasteiger partial charge in [-0.3, -0.25) is 0 Å². The third kappa shape index (κ3) is 2.93. The summed E-state index contributed by atoms with van der Waals surface area (Å²) in [4.78, 5) is 10.1. The summed E-state index contributed by atoms with van der Waals surface area (Å²) < 4.78 is 29.9. The number of hydrogen-bond acceptors (Lipinski definition) is 8. The van der Waals surface area contributed by atoms with Gasteiger partial charge in [0.25, 0.3) is 0 Å². The van der Waals surface area contributed by atoms with E-state index in [9.17, 15) is 23.4 Å². The Hall–Kier alpha value is -0.580. The third-order valence-electron chi connectivity index (χ3n) is 1.82. The Kier molecular flexibility index (Phi) is 3.76. The van der Waals surface area contributed by atoms with Crippen LogP contribution in [0.5, 0.6) is 0 Å². The first-order valence-corrected chi connectivity index (χ1v) is 5.28. The quantitative estimate of drug-likeness (QED) is 0.444. The first-order chi connectivity index (χ1) is 6.87. The molecule has 1 rings (SSSR count). The lowest BCUT2D eigenvalue weighted by Gasteiger charge is -2.30. The topological polar surface area (TPSA) is 130 Å². The fourth-order valence-corrected chi connectivity index (χ4v) is 1.91. The van der Waals surface area contributed by atoms with Crippen molar-refractivity contribution in [3.63, 3.8) is 0 Å². The van der Waals surface area contributed by atoms with Crippen LogP contribution >= 0.6 is 0 Å². The van der Waals surface area contributed by atoms with Crippen molar-refractivity contribution in [1.82, 2.24) is 0 Å². The van der Waals surface area contributed by atoms with Gasteiger partial charge < -0.3 is 20.1 Å². The molecule has 9 heteroatoms. The van der Waals surface area contributed by atoms with Crippen molar-refractivity contribution in [2.45, 2.75) is 24.4 Å². The van der Waals surface area contributed by atoms with Gasteiger partial charge in [0.1, 0.15) is 24.4 Å². The molecular formula is C6H10O8S. The van der Waals surface area contributed by atoms with E-state index < -0.39 is 41.4 Å². The molecule has 0 radical (unpaired) electrons. The second kappa shape index (κ2) is 4.51. The van der Waals surface area contributed by atoms with Crippen LogP contribution in [0.25, 0.3) is 0 Å². The van der Waals surface area contributed by atoms with Crippen LogP contribution in [0, 0.1) is 0 Å². The van der Waals surface area contributed by atoms with E-state index in [4.69, 9.17) is 5.11 Å². The number of carbonyl (C=O) groups is 1. The van der Waals surface area contributed by atoms with Crippen molar-refractivity contribution in [3.05, 3.63) is 0 Å². The van der Waals surface area contributed by atoms with Gasteiger partial charge >= 0.3 is 10.4 Å². The highest BCUT2D eigenvalue weighted by Crippen LogP contribution is 2.18. The molecule has 0 aromatic carbocycles. The third-order valence-corrected chi connectivity index (χ3v) is 2.70. The molecule has 1 aliphatic rings. The van der Waals surface area contributed by atoms with E-state index in [-0.39, 0.29) is 6.29 Å². The SMILES string of the molecule is O=C[C@H](O)[C@@H](O)[C@H]1OS(=O)(=O)OC[C@H]1O. The van der Waals surface area contributed by atoms with E-state index in [2.05, 4.69) is 8.37 Å². The van der Waals surface area contributed by atoms with Crippen molar-refractivity contribution in [3.8, 4) is 0 Å². The zero-order valence-corrected chi connectivity index (χ0v) is 8.20. The molecule has 0 aromatic heterocycles. The smallest absolute Gasteiger partial charge is 0.388 e. The van der Waals surface area contributed by atoms with Crippen molar-refractivity contribution < 1.29 is 36.9 Å². The largest absolute Gasteiger partial charge is 0.400 e. The predicted molar refractivity (Wildman–Crippen MR) is 43.8 cm³/mol. The highest BCUT2D eigenvalue weighted by molar-refractivity contribution is 7.81. The lowest BCUT2D eigenvalue weighted by Crippen LogP contribution is -2.52. The minimum Gasteiger partial charge on any atom is -0.388 e. The Bertz CT molecular complexity index is 324.